The lowest BCUT2D eigenvalue weighted by Crippen LogP contribution is -2.43. The van der Waals surface area contributed by atoms with Crippen LogP contribution in [0.4, 0.5) is 0 Å². The Bertz CT molecular complexity index is 532. The summed E-state index contributed by atoms with van der Waals surface area (Å²) in [7, 11) is 0. The molecular formula is C17H20O2. The molecule has 100 valence electrons. The molecule has 0 bridgehead atoms. The third-order valence-electron chi connectivity index (χ3n) is 5.00. The zero-order valence-corrected chi connectivity index (χ0v) is 11.2. The fraction of sp³-hybridized carbons (Fsp3) is 0.471. The molecule has 0 spiro atoms. The molecule has 1 unspecified atom stereocenters. The zero-order valence-electron chi connectivity index (χ0n) is 11.2. The maximum Gasteiger partial charge on any atom is 0.133 e. The average Bonchev–Trinajstić information content (AvgIpc) is 2.39. The van der Waals surface area contributed by atoms with E-state index in [0.717, 1.165) is 25.7 Å². The molecule has 0 aromatic heterocycles. The summed E-state index contributed by atoms with van der Waals surface area (Å²) in [4.78, 5) is 11.8. The van der Waals surface area contributed by atoms with E-state index in [-0.39, 0.29) is 5.41 Å². The van der Waals surface area contributed by atoms with Crippen molar-refractivity contribution in [3.63, 3.8) is 0 Å². The predicted octanol–water partition coefficient (Wildman–Crippen LogP) is 3.52. The highest BCUT2D eigenvalue weighted by Crippen LogP contribution is 2.51. The molecule has 2 aliphatic rings. The van der Waals surface area contributed by atoms with Crippen LogP contribution in [0.2, 0.25) is 0 Å². The van der Waals surface area contributed by atoms with E-state index in [1.807, 2.05) is 12.1 Å². The largest absolute Gasteiger partial charge is 0.508 e. The van der Waals surface area contributed by atoms with E-state index in [9.17, 15) is 9.90 Å². The Labute approximate surface area is 114 Å². The second kappa shape index (κ2) is 4.52. The van der Waals surface area contributed by atoms with Crippen LogP contribution in [0.25, 0.3) is 0 Å². The molecule has 2 atom stereocenters. The molecule has 1 saturated carbocycles. The van der Waals surface area contributed by atoms with Crippen molar-refractivity contribution in [2.24, 2.45) is 5.92 Å². The highest BCUT2D eigenvalue weighted by molar-refractivity contribution is 5.80. The van der Waals surface area contributed by atoms with E-state index < -0.39 is 0 Å². The van der Waals surface area contributed by atoms with Gasteiger partial charge in [0.25, 0.3) is 0 Å². The number of Topliss-reactive ketones (excluding diaryl/α,β-unsaturated/α-hetero) is 1. The van der Waals surface area contributed by atoms with Crippen LogP contribution in [-0.4, -0.2) is 10.9 Å². The number of ketones is 1. The quantitative estimate of drug-likeness (QED) is 0.822. The summed E-state index contributed by atoms with van der Waals surface area (Å²) in [6, 6.07) is 5.74. The van der Waals surface area contributed by atoms with Gasteiger partial charge in [-0.2, -0.15) is 0 Å². The average molecular weight is 256 g/mol. The van der Waals surface area contributed by atoms with Crippen LogP contribution < -0.4 is 0 Å². The molecule has 0 aliphatic heterocycles. The Kier molecular flexibility index (Phi) is 2.96. The van der Waals surface area contributed by atoms with Crippen LogP contribution in [-0.2, 0) is 16.6 Å². The van der Waals surface area contributed by atoms with Gasteiger partial charge >= 0.3 is 0 Å². The highest BCUT2D eigenvalue weighted by Gasteiger charge is 2.46. The molecule has 0 amide bonds. The van der Waals surface area contributed by atoms with Crippen molar-refractivity contribution in [3.8, 4) is 5.75 Å². The number of carbonyl (C=O) groups excluding carboxylic acids is 1. The molecule has 19 heavy (non-hydrogen) atoms. The maximum atomic E-state index is 11.8. The summed E-state index contributed by atoms with van der Waals surface area (Å²) in [6.45, 7) is 3.92. The molecule has 1 aromatic carbocycles. The summed E-state index contributed by atoms with van der Waals surface area (Å²) in [5, 5.41) is 9.67. The van der Waals surface area contributed by atoms with Crippen LogP contribution >= 0.6 is 0 Å². The van der Waals surface area contributed by atoms with Gasteiger partial charge in [-0.05, 0) is 54.9 Å². The van der Waals surface area contributed by atoms with Gasteiger partial charge in [0.1, 0.15) is 11.5 Å². The highest BCUT2D eigenvalue weighted by atomic mass is 16.3. The Morgan fingerprint density at radius 3 is 3.05 bits per heavy atom. The number of fused-ring (bicyclic) bond motifs is 3. The fourth-order valence-electron chi connectivity index (χ4n) is 4.11. The van der Waals surface area contributed by atoms with E-state index in [2.05, 4.69) is 12.6 Å². The standard InChI is InChI=1S/C17H20O2/c1-2-8-17-9-7-15(19)11-13(17)4-3-12-10-14(18)5-6-16(12)17/h2,5-6,10,13,18H,1,3-4,7-9,11H2/t13-,17?/m1/s1. The van der Waals surface area contributed by atoms with Gasteiger partial charge in [0.05, 0.1) is 0 Å². The number of phenols is 1. The second-order valence-electron chi connectivity index (χ2n) is 5.97. The number of allylic oxidation sites excluding steroid dienone is 1. The van der Waals surface area contributed by atoms with Crippen molar-refractivity contribution in [2.75, 3.05) is 0 Å². The summed E-state index contributed by atoms with van der Waals surface area (Å²) in [5.41, 5.74) is 2.68. The van der Waals surface area contributed by atoms with Gasteiger partial charge in [-0.1, -0.05) is 12.1 Å². The summed E-state index contributed by atoms with van der Waals surface area (Å²) < 4.78 is 0. The van der Waals surface area contributed by atoms with Gasteiger partial charge in [0.15, 0.2) is 0 Å². The van der Waals surface area contributed by atoms with Gasteiger partial charge < -0.3 is 5.11 Å². The minimum atomic E-state index is 0.0803. The molecule has 0 saturated heterocycles. The molecule has 2 nitrogen and oxygen atoms in total. The minimum absolute atomic E-state index is 0.0803. The Hall–Kier alpha value is -1.57. The normalized spacial score (nSPS) is 29.5. The predicted molar refractivity (Wildman–Crippen MR) is 75.3 cm³/mol. The molecular weight excluding hydrogens is 236 g/mol. The lowest BCUT2D eigenvalue weighted by molar-refractivity contribution is -0.123. The monoisotopic (exact) mass is 256 g/mol. The van der Waals surface area contributed by atoms with Gasteiger partial charge in [-0.25, -0.2) is 0 Å². The van der Waals surface area contributed by atoms with Gasteiger partial charge in [-0.15, -0.1) is 6.58 Å². The lowest BCUT2D eigenvalue weighted by atomic mass is 9.55. The van der Waals surface area contributed by atoms with E-state index in [4.69, 9.17) is 0 Å². The summed E-state index contributed by atoms with van der Waals surface area (Å²) in [5.74, 6) is 1.20. The Morgan fingerprint density at radius 1 is 1.42 bits per heavy atom. The first kappa shape index (κ1) is 12.5. The van der Waals surface area contributed by atoms with Crippen LogP contribution in [0.3, 0.4) is 0 Å². The number of phenolic OH excluding ortho intramolecular Hbond substituents is 1. The number of hydrogen-bond donors (Lipinski definition) is 1. The SMILES string of the molecule is C=CCC12CCC(=O)C[C@H]1CCc1cc(O)ccc12. The van der Waals surface area contributed by atoms with Gasteiger partial charge in [0.2, 0.25) is 0 Å². The number of hydrogen-bond acceptors (Lipinski definition) is 2. The molecule has 0 radical (unpaired) electrons. The molecule has 3 rings (SSSR count). The second-order valence-corrected chi connectivity index (χ2v) is 5.97. The van der Waals surface area contributed by atoms with Crippen LogP contribution in [0.5, 0.6) is 5.75 Å². The van der Waals surface area contributed by atoms with Crippen LogP contribution in [0.15, 0.2) is 30.9 Å². The van der Waals surface area contributed by atoms with Gasteiger partial charge in [0, 0.05) is 18.3 Å². The fourth-order valence-corrected chi connectivity index (χ4v) is 4.11. The molecule has 2 aliphatic carbocycles. The van der Waals surface area contributed by atoms with Crippen molar-refractivity contribution in [1.82, 2.24) is 0 Å². The van der Waals surface area contributed by atoms with E-state index in [0.29, 0.717) is 30.3 Å². The third kappa shape index (κ3) is 1.90. The molecule has 1 fully saturated rings. The van der Waals surface area contributed by atoms with E-state index in [1.165, 1.54) is 11.1 Å². The molecule has 0 heterocycles. The number of aryl methyl sites for hydroxylation is 1. The Morgan fingerprint density at radius 2 is 2.26 bits per heavy atom. The van der Waals surface area contributed by atoms with Crippen molar-refractivity contribution in [2.45, 2.75) is 43.9 Å². The first-order chi connectivity index (χ1) is 9.15. The van der Waals surface area contributed by atoms with Crippen molar-refractivity contribution < 1.29 is 9.90 Å². The minimum Gasteiger partial charge on any atom is -0.508 e. The first-order valence-electron chi connectivity index (χ1n) is 7.11. The maximum absolute atomic E-state index is 11.8. The molecule has 1 N–H and O–H groups in total. The van der Waals surface area contributed by atoms with Crippen molar-refractivity contribution in [3.05, 3.63) is 42.0 Å². The third-order valence-corrected chi connectivity index (χ3v) is 5.00. The van der Waals surface area contributed by atoms with Gasteiger partial charge in [-0.3, -0.25) is 4.79 Å². The lowest BCUT2D eigenvalue weighted by Gasteiger charge is -2.48. The van der Waals surface area contributed by atoms with Crippen molar-refractivity contribution >= 4 is 5.78 Å². The number of rotatable bonds is 2. The summed E-state index contributed by atoms with van der Waals surface area (Å²) >= 11 is 0. The zero-order chi connectivity index (χ0) is 13.5. The molecule has 2 heteroatoms. The van der Waals surface area contributed by atoms with Crippen LogP contribution in [0, 0.1) is 5.92 Å². The van der Waals surface area contributed by atoms with Crippen molar-refractivity contribution in [1.29, 1.82) is 0 Å². The van der Waals surface area contributed by atoms with E-state index >= 15 is 0 Å². The topological polar surface area (TPSA) is 37.3 Å². The number of carbonyl (C=O) groups is 1. The first-order valence-corrected chi connectivity index (χ1v) is 7.11. The number of benzene rings is 1. The Balaban J connectivity index is 2.11. The van der Waals surface area contributed by atoms with E-state index in [1.54, 1.807) is 6.07 Å². The van der Waals surface area contributed by atoms with Crippen LogP contribution in [0.1, 0.15) is 43.2 Å². The summed E-state index contributed by atoms with van der Waals surface area (Å²) in [6.07, 6.45) is 7.28. The number of aromatic hydroxyl groups is 1. The molecule has 1 aromatic rings. The smallest absolute Gasteiger partial charge is 0.133 e.